The number of rotatable bonds is 3. The third kappa shape index (κ3) is 3.41. The van der Waals surface area contributed by atoms with E-state index in [1.807, 2.05) is 37.5 Å². The Labute approximate surface area is 137 Å². The number of hydrogen-bond acceptors (Lipinski definition) is 5. The van der Waals surface area contributed by atoms with Gasteiger partial charge in [-0.3, -0.25) is 9.88 Å². The molecule has 1 saturated heterocycles. The van der Waals surface area contributed by atoms with Crippen LogP contribution in [0.25, 0.3) is 11.5 Å². The van der Waals surface area contributed by atoms with Crippen LogP contribution < -0.4 is 0 Å². The summed E-state index contributed by atoms with van der Waals surface area (Å²) >= 11 is 0. The highest BCUT2D eigenvalue weighted by Crippen LogP contribution is 2.38. The van der Waals surface area contributed by atoms with Crippen LogP contribution >= 0.6 is 0 Å². The Bertz CT molecular complexity index is 652. The summed E-state index contributed by atoms with van der Waals surface area (Å²) in [6, 6.07) is 5.72. The van der Waals surface area contributed by atoms with Crippen LogP contribution in [0.1, 0.15) is 32.8 Å². The van der Waals surface area contributed by atoms with E-state index in [9.17, 15) is 5.11 Å². The van der Waals surface area contributed by atoms with E-state index >= 15 is 0 Å². The van der Waals surface area contributed by atoms with E-state index in [1.54, 1.807) is 6.20 Å². The Hall–Kier alpha value is -1.85. The summed E-state index contributed by atoms with van der Waals surface area (Å²) in [6.07, 6.45) is 6.27. The summed E-state index contributed by atoms with van der Waals surface area (Å²) in [5.74, 6) is 0.649. The molecule has 2 aromatic heterocycles. The largest absolute Gasteiger partial charge is 0.390 e. The smallest absolute Gasteiger partial charge is 0.178 e. The molecular weight excluding hydrogens is 288 g/mol. The van der Waals surface area contributed by atoms with Crippen LogP contribution in [0.15, 0.2) is 36.8 Å². The molecule has 0 bridgehead atoms. The Morgan fingerprint density at radius 1 is 1.13 bits per heavy atom. The van der Waals surface area contributed by atoms with Gasteiger partial charge in [-0.1, -0.05) is 19.9 Å². The molecule has 5 heteroatoms. The Kier molecular flexibility index (Phi) is 4.17. The minimum absolute atomic E-state index is 0.125. The van der Waals surface area contributed by atoms with Gasteiger partial charge in [0.05, 0.1) is 5.60 Å². The molecule has 0 spiro atoms. The molecular formula is C18H24N4O. The van der Waals surface area contributed by atoms with Crippen LogP contribution in [0.5, 0.6) is 0 Å². The highest BCUT2D eigenvalue weighted by atomic mass is 16.3. The summed E-state index contributed by atoms with van der Waals surface area (Å²) in [6.45, 7) is 8.75. The molecule has 5 nitrogen and oxygen atoms in total. The summed E-state index contributed by atoms with van der Waals surface area (Å²) in [4.78, 5) is 15.5. The fraction of sp³-hybridized carbons (Fsp3) is 0.500. The monoisotopic (exact) mass is 312 g/mol. The van der Waals surface area contributed by atoms with E-state index in [-0.39, 0.29) is 5.41 Å². The van der Waals surface area contributed by atoms with Gasteiger partial charge in [-0.25, -0.2) is 9.97 Å². The first-order valence-electron chi connectivity index (χ1n) is 8.04. The highest BCUT2D eigenvalue weighted by molar-refractivity contribution is 5.47. The van der Waals surface area contributed by atoms with Crippen LogP contribution in [0, 0.1) is 5.41 Å². The van der Waals surface area contributed by atoms with Gasteiger partial charge in [-0.2, -0.15) is 0 Å². The van der Waals surface area contributed by atoms with Gasteiger partial charge in [0.25, 0.3) is 0 Å². The molecule has 0 saturated carbocycles. The molecule has 0 amide bonds. The van der Waals surface area contributed by atoms with Crippen LogP contribution in [0.2, 0.25) is 0 Å². The summed E-state index contributed by atoms with van der Waals surface area (Å²) in [5, 5.41) is 10.5. The number of pyridine rings is 1. The van der Waals surface area contributed by atoms with Gasteiger partial charge in [0, 0.05) is 49.2 Å². The third-order valence-corrected chi connectivity index (χ3v) is 5.00. The molecule has 1 aliphatic heterocycles. The third-order valence-electron chi connectivity index (χ3n) is 5.00. The van der Waals surface area contributed by atoms with Crippen molar-refractivity contribution in [2.24, 2.45) is 5.41 Å². The standard InChI is InChI=1S/C18H24N4O/c1-17(2)13-22(9-7-18(17,3)23)12-14-10-20-16(21-11-14)15-6-4-5-8-19-15/h4-6,8,10-11,23H,7,9,12-13H2,1-3H3/t18-/m1/s1. The molecule has 1 N–H and O–H groups in total. The number of hydrogen-bond donors (Lipinski definition) is 1. The van der Waals surface area contributed by atoms with E-state index in [4.69, 9.17) is 0 Å². The lowest BCUT2D eigenvalue weighted by atomic mass is 9.71. The van der Waals surface area contributed by atoms with Crippen molar-refractivity contribution in [3.63, 3.8) is 0 Å². The molecule has 23 heavy (non-hydrogen) atoms. The van der Waals surface area contributed by atoms with E-state index < -0.39 is 5.60 Å². The topological polar surface area (TPSA) is 62.1 Å². The van der Waals surface area contributed by atoms with Gasteiger partial charge in [0.2, 0.25) is 0 Å². The first-order chi connectivity index (χ1) is 10.9. The number of aromatic nitrogens is 3. The Morgan fingerprint density at radius 3 is 2.48 bits per heavy atom. The van der Waals surface area contributed by atoms with Crippen LogP contribution in [0.4, 0.5) is 0 Å². The predicted octanol–water partition coefficient (Wildman–Crippen LogP) is 2.52. The molecule has 2 aromatic rings. The number of piperidine rings is 1. The first kappa shape index (κ1) is 16.0. The van der Waals surface area contributed by atoms with Crippen LogP contribution in [-0.2, 0) is 6.54 Å². The van der Waals surface area contributed by atoms with Gasteiger partial charge < -0.3 is 5.11 Å². The molecule has 0 aliphatic carbocycles. The van der Waals surface area contributed by atoms with E-state index in [0.29, 0.717) is 5.82 Å². The summed E-state index contributed by atoms with van der Waals surface area (Å²) in [5.41, 5.74) is 1.14. The van der Waals surface area contributed by atoms with Crippen molar-refractivity contribution in [2.45, 2.75) is 39.3 Å². The average molecular weight is 312 g/mol. The van der Waals surface area contributed by atoms with E-state index in [1.165, 1.54) is 0 Å². The maximum atomic E-state index is 10.5. The van der Waals surface area contributed by atoms with E-state index in [0.717, 1.165) is 37.3 Å². The molecule has 0 radical (unpaired) electrons. The molecule has 1 aliphatic rings. The molecule has 0 aromatic carbocycles. The fourth-order valence-electron chi connectivity index (χ4n) is 2.98. The van der Waals surface area contributed by atoms with Crippen LogP contribution in [0.3, 0.4) is 0 Å². The van der Waals surface area contributed by atoms with Gasteiger partial charge >= 0.3 is 0 Å². The minimum Gasteiger partial charge on any atom is -0.390 e. The first-order valence-corrected chi connectivity index (χ1v) is 8.04. The zero-order valence-corrected chi connectivity index (χ0v) is 14.0. The lowest BCUT2D eigenvalue weighted by Gasteiger charge is -2.48. The van der Waals surface area contributed by atoms with Gasteiger partial charge in [-0.15, -0.1) is 0 Å². The van der Waals surface area contributed by atoms with E-state index in [2.05, 4.69) is 33.7 Å². The van der Waals surface area contributed by atoms with Gasteiger partial charge in [-0.05, 0) is 25.5 Å². The number of aliphatic hydroxyl groups is 1. The Balaban J connectivity index is 1.68. The summed E-state index contributed by atoms with van der Waals surface area (Å²) in [7, 11) is 0. The van der Waals surface area contributed by atoms with Crippen LogP contribution in [-0.4, -0.2) is 43.6 Å². The normalized spacial score (nSPS) is 24.5. The lowest BCUT2D eigenvalue weighted by molar-refractivity contribution is -0.107. The van der Waals surface area contributed by atoms with Gasteiger partial charge in [0.15, 0.2) is 5.82 Å². The molecule has 3 heterocycles. The van der Waals surface area contributed by atoms with Crippen molar-refractivity contribution in [3.8, 4) is 11.5 Å². The molecule has 3 rings (SSSR count). The maximum absolute atomic E-state index is 10.5. The van der Waals surface area contributed by atoms with Crippen molar-refractivity contribution < 1.29 is 5.11 Å². The van der Waals surface area contributed by atoms with Crippen molar-refractivity contribution in [2.75, 3.05) is 13.1 Å². The fourth-order valence-corrected chi connectivity index (χ4v) is 2.98. The second-order valence-corrected chi connectivity index (χ2v) is 7.25. The Morgan fingerprint density at radius 2 is 1.87 bits per heavy atom. The second-order valence-electron chi connectivity index (χ2n) is 7.25. The number of likely N-dealkylation sites (tertiary alicyclic amines) is 1. The van der Waals surface area contributed by atoms with Crippen molar-refractivity contribution in [1.29, 1.82) is 0 Å². The quantitative estimate of drug-likeness (QED) is 0.943. The minimum atomic E-state index is -0.608. The second kappa shape index (κ2) is 5.98. The predicted molar refractivity (Wildman–Crippen MR) is 89.6 cm³/mol. The van der Waals surface area contributed by atoms with Crippen molar-refractivity contribution >= 4 is 0 Å². The SMILES string of the molecule is CC1(C)CN(Cc2cnc(-c3ccccn3)nc2)CC[C@@]1(C)O. The van der Waals surface area contributed by atoms with Crippen molar-refractivity contribution in [1.82, 2.24) is 19.9 Å². The molecule has 122 valence electrons. The average Bonchev–Trinajstić information content (AvgIpc) is 2.53. The zero-order valence-electron chi connectivity index (χ0n) is 14.0. The maximum Gasteiger partial charge on any atom is 0.178 e. The lowest BCUT2D eigenvalue weighted by Crippen LogP contribution is -2.55. The molecule has 0 unspecified atom stereocenters. The molecule has 1 fully saturated rings. The molecule has 1 atom stereocenters. The summed E-state index contributed by atoms with van der Waals surface area (Å²) < 4.78 is 0. The number of nitrogens with zero attached hydrogens (tertiary/aromatic N) is 4. The van der Waals surface area contributed by atoms with Crippen molar-refractivity contribution in [3.05, 3.63) is 42.4 Å². The highest BCUT2D eigenvalue weighted by Gasteiger charge is 2.43. The zero-order chi connectivity index (χ0) is 16.5. The van der Waals surface area contributed by atoms with Gasteiger partial charge in [0.1, 0.15) is 5.69 Å².